The van der Waals surface area contributed by atoms with Crippen LogP contribution in [0.25, 0.3) is 33.4 Å². The summed E-state index contributed by atoms with van der Waals surface area (Å²) < 4.78 is 20.8. The highest BCUT2D eigenvalue weighted by molar-refractivity contribution is 7.10. The molecule has 3 aromatic heterocycles. The maximum atomic E-state index is 15.0. The molecule has 5 aromatic rings. The number of benzene rings is 2. The molecular formula is C58H75N9O7S. The molecule has 400 valence electrons. The van der Waals surface area contributed by atoms with Gasteiger partial charge in [0.1, 0.15) is 24.2 Å². The van der Waals surface area contributed by atoms with Gasteiger partial charge in [-0.3, -0.25) is 29.2 Å². The fourth-order valence-corrected chi connectivity index (χ4v) is 13.1. The number of rotatable bonds is 11. The monoisotopic (exact) mass is 1040 g/mol. The normalized spacial score (nSPS) is 23.7. The maximum Gasteiger partial charge on any atom is 0.324 e. The summed E-state index contributed by atoms with van der Waals surface area (Å²) in [6.45, 7) is 13.8. The summed E-state index contributed by atoms with van der Waals surface area (Å²) in [5.41, 5.74) is 11.6. The number of aromatic nitrogens is 3. The molecule has 3 saturated heterocycles. The summed E-state index contributed by atoms with van der Waals surface area (Å²) in [5.74, 6) is -1.67. The molecule has 16 nitrogen and oxygen atoms in total. The average molecular weight is 1040 g/mol. The van der Waals surface area contributed by atoms with E-state index in [9.17, 15) is 14.4 Å². The number of hydrogen-bond acceptors (Lipinski definition) is 13. The minimum atomic E-state index is -1.06. The number of pyridine rings is 1. The van der Waals surface area contributed by atoms with Crippen molar-refractivity contribution < 1.29 is 33.4 Å². The fourth-order valence-electron chi connectivity index (χ4n) is 12.3. The summed E-state index contributed by atoms with van der Waals surface area (Å²) in [6, 6.07) is 16.1. The van der Waals surface area contributed by atoms with Crippen LogP contribution in [0.15, 0.2) is 66.2 Å². The second-order valence-corrected chi connectivity index (χ2v) is 23.2. The first-order chi connectivity index (χ1) is 36.2. The number of piperazine rings is 1. The minimum absolute atomic E-state index is 0.0946. The van der Waals surface area contributed by atoms with E-state index in [4.69, 9.17) is 24.2 Å². The lowest BCUT2D eigenvalue weighted by atomic mass is 9.84. The zero-order valence-corrected chi connectivity index (χ0v) is 45.6. The number of nitrogens with zero attached hydrogens (tertiary/aromatic N) is 7. The Labute approximate surface area is 445 Å². The number of esters is 1. The molecular weight excluding hydrogens is 967 g/mol. The van der Waals surface area contributed by atoms with Gasteiger partial charge in [0, 0.05) is 105 Å². The number of hydrogen-bond donors (Lipinski definition) is 2. The molecule has 1 aliphatic carbocycles. The van der Waals surface area contributed by atoms with Crippen LogP contribution >= 0.6 is 11.3 Å². The molecule has 10 rings (SSSR count). The smallest absolute Gasteiger partial charge is 0.324 e. The van der Waals surface area contributed by atoms with Gasteiger partial charge >= 0.3 is 5.97 Å². The maximum absolute atomic E-state index is 15.0. The Kier molecular flexibility index (Phi) is 15.8. The second kappa shape index (κ2) is 22.5. The van der Waals surface area contributed by atoms with Gasteiger partial charge in [-0.05, 0) is 94.7 Å². The first-order valence-electron chi connectivity index (χ1n) is 27.3. The predicted molar refractivity (Wildman–Crippen MR) is 291 cm³/mol. The van der Waals surface area contributed by atoms with Gasteiger partial charge in [-0.15, -0.1) is 11.3 Å². The van der Waals surface area contributed by atoms with E-state index in [2.05, 4.69) is 77.2 Å². The van der Waals surface area contributed by atoms with E-state index in [0.29, 0.717) is 50.4 Å². The molecule has 0 spiro atoms. The third-order valence-corrected chi connectivity index (χ3v) is 17.4. The van der Waals surface area contributed by atoms with Crippen LogP contribution in [-0.2, 0) is 52.8 Å². The number of nitrogens with one attached hydrogen (secondary N) is 2. The summed E-state index contributed by atoms with van der Waals surface area (Å²) in [7, 11) is 5.59. The van der Waals surface area contributed by atoms with Gasteiger partial charge in [-0.25, -0.2) is 10.4 Å². The van der Waals surface area contributed by atoms with Gasteiger partial charge < -0.3 is 38.8 Å². The standard InChI is InChI=1S/C58H75N9O7S/c1-8-66-48-21-20-39-29-42(48)44(52(66)43-30-40(33-59-50(43)36(2)72-7)65-26-24-63(5)25-27-65)32-58(3,4)35-74-57(71)45-19-14-23-67(62-45)55(69)46(31-49-60-47(39)34-75-49)61-54(68)51(38-17-12-13-18-38)64(6)56(70)53-41(22-28-73-53)37-15-10-9-11-16-37/h9-11,15-16,20-21,29-30,33-34,36,38,41,45-46,51,53,62H,8,12-14,17-19,22-28,31-32,35H2,1-7H3,(H,61,68)/t36-,41+,45-,46-,51?,53+/m0/s1. The largest absolute Gasteiger partial charge is 0.464 e. The van der Waals surface area contributed by atoms with Crippen LogP contribution < -0.4 is 15.6 Å². The van der Waals surface area contributed by atoms with Crippen molar-refractivity contribution in [3.8, 4) is 22.5 Å². The number of aryl methyl sites for hydroxylation is 1. The number of fused-ring (bicyclic) bond motifs is 6. The molecule has 6 atom stereocenters. The summed E-state index contributed by atoms with van der Waals surface area (Å²) >= 11 is 1.45. The van der Waals surface area contributed by atoms with Crippen molar-refractivity contribution in [1.82, 2.24) is 40.1 Å². The van der Waals surface area contributed by atoms with E-state index in [1.54, 1.807) is 19.1 Å². The van der Waals surface area contributed by atoms with Gasteiger partial charge in [0.15, 0.2) is 0 Å². The van der Waals surface area contributed by atoms with Crippen LogP contribution in [0.5, 0.6) is 0 Å². The summed E-state index contributed by atoms with van der Waals surface area (Å²) in [6.07, 6.45) is 6.88. The lowest BCUT2D eigenvalue weighted by Gasteiger charge is -2.37. The highest BCUT2D eigenvalue weighted by Gasteiger charge is 2.44. The Bertz CT molecular complexity index is 2870. The van der Waals surface area contributed by atoms with Crippen LogP contribution in [0.3, 0.4) is 0 Å². The van der Waals surface area contributed by atoms with Gasteiger partial charge in [-0.2, -0.15) is 0 Å². The SMILES string of the molecule is CCn1c(-c2cc(N3CCN(C)CC3)cnc2[C@H](C)OC)c2c3cc(ccc31)-c1csc(n1)C[C@H](NC(=O)C(C1CCCC1)N(C)C(=O)[C@@H]1OCC[C@@H]1c1ccccc1)C(=O)N1CCC[C@H](N1)C(=O)OCC(C)(C)C2. The number of likely N-dealkylation sites (N-methyl/N-ethyl adjacent to an activating group) is 2. The molecule has 3 amide bonds. The molecule has 2 aromatic carbocycles. The number of cyclic esters (lactones) is 1. The zero-order chi connectivity index (χ0) is 52.5. The van der Waals surface area contributed by atoms with Crippen molar-refractivity contribution in [2.45, 2.75) is 128 Å². The Hall–Kier alpha value is -5.72. The molecule has 0 radical (unpaired) electrons. The quantitative estimate of drug-likeness (QED) is 0.125. The third kappa shape index (κ3) is 11.0. The molecule has 1 unspecified atom stereocenters. The van der Waals surface area contributed by atoms with Crippen LogP contribution in [-0.4, -0.2) is 144 Å². The first-order valence-corrected chi connectivity index (χ1v) is 28.1. The van der Waals surface area contributed by atoms with E-state index in [1.807, 2.05) is 48.8 Å². The fraction of sp³-hybridized carbons (Fsp3) is 0.552. The van der Waals surface area contributed by atoms with Gasteiger partial charge in [0.2, 0.25) is 5.91 Å². The van der Waals surface area contributed by atoms with Gasteiger partial charge in [0.05, 0.1) is 46.7 Å². The number of anilines is 1. The highest BCUT2D eigenvalue weighted by Crippen LogP contribution is 2.43. The van der Waals surface area contributed by atoms with Crippen molar-refractivity contribution in [1.29, 1.82) is 0 Å². The molecule has 6 bridgehead atoms. The van der Waals surface area contributed by atoms with Gasteiger partial charge in [0.25, 0.3) is 11.8 Å². The Morgan fingerprint density at radius 1 is 1.00 bits per heavy atom. The predicted octanol–water partition coefficient (Wildman–Crippen LogP) is 7.54. The molecule has 17 heteroatoms. The number of amides is 3. The number of carbonyl (C=O) groups excluding carboxylic acids is 4. The number of hydrazine groups is 1. The molecule has 5 aliphatic rings. The molecule has 75 heavy (non-hydrogen) atoms. The molecule has 4 aliphatic heterocycles. The van der Waals surface area contributed by atoms with Crippen molar-refractivity contribution in [3.63, 3.8) is 0 Å². The van der Waals surface area contributed by atoms with E-state index in [0.717, 1.165) is 108 Å². The van der Waals surface area contributed by atoms with Crippen LogP contribution in [0.2, 0.25) is 0 Å². The summed E-state index contributed by atoms with van der Waals surface area (Å²) in [4.78, 5) is 75.4. The van der Waals surface area contributed by atoms with Crippen LogP contribution in [0.1, 0.15) is 106 Å². The second-order valence-electron chi connectivity index (χ2n) is 22.3. The van der Waals surface area contributed by atoms with Crippen molar-refractivity contribution >= 4 is 51.6 Å². The van der Waals surface area contributed by atoms with Crippen molar-refractivity contribution in [2.75, 3.05) is 72.0 Å². The lowest BCUT2D eigenvalue weighted by molar-refractivity contribution is -0.155. The Morgan fingerprint density at radius 3 is 2.52 bits per heavy atom. The van der Waals surface area contributed by atoms with Gasteiger partial charge in [-0.1, -0.05) is 63.1 Å². The van der Waals surface area contributed by atoms with E-state index < -0.39 is 35.6 Å². The van der Waals surface area contributed by atoms with Crippen LogP contribution in [0, 0.1) is 11.3 Å². The average Bonchev–Trinajstić information content (AvgIpc) is 4.33. The summed E-state index contributed by atoms with van der Waals surface area (Å²) in [5, 5.41) is 8.42. The van der Waals surface area contributed by atoms with E-state index in [1.165, 1.54) is 16.3 Å². The number of methoxy groups -OCH3 is 1. The lowest BCUT2D eigenvalue weighted by Crippen LogP contribution is -2.62. The molecule has 1 saturated carbocycles. The van der Waals surface area contributed by atoms with Crippen molar-refractivity contribution in [2.24, 2.45) is 11.3 Å². The third-order valence-electron chi connectivity index (χ3n) is 16.5. The highest BCUT2D eigenvalue weighted by atomic mass is 32.1. The van der Waals surface area contributed by atoms with Crippen molar-refractivity contribution in [3.05, 3.63) is 88.0 Å². The van der Waals surface area contributed by atoms with E-state index in [-0.39, 0.29) is 48.7 Å². The Balaban J connectivity index is 1.02. The molecule has 2 N–H and O–H groups in total. The number of ether oxygens (including phenoxy) is 3. The zero-order valence-electron chi connectivity index (χ0n) is 44.8. The van der Waals surface area contributed by atoms with E-state index >= 15 is 4.79 Å². The molecule has 4 fully saturated rings. The number of thiazole rings is 1. The first kappa shape index (κ1) is 52.7. The topological polar surface area (TPSA) is 164 Å². The Morgan fingerprint density at radius 2 is 1.77 bits per heavy atom. The number of carbonyl (C=O) groups is 4. The molecule has 7 heterocycles. The minimum Gasteiger partial charge on any atom is -0.464 e. The van der Waals surface area contributed by atoms with Crippen LogP contribution in [0.4, 0.5) is 5.69 Å².